The van der Waals surface area contributed by atoms with E-state index in [0.717, 1.165) is 6.20 Å². The van der Waals surface area contributed by atoms with Crippen LogP contribution >= 0.6 is 0 Å². The Kier molecular flexibility index (Phi) is 3.47. The average Bonchev–Trinajstić information content (AvgIpc) is 2.97. The highest BCUT2D eigenvalue weighted by molar-refractivity contribution is 6.58. The molecule has 0 aliphatic rings. The molecular weight excluding hydrogens is 276 g/mol. The molecule has 2 aromatic heterocycles. The Morgan fingerprint density at radius 1 is 0.952 bits per heavy atom. The van der Waals surface area contributed by atoms with Crippen molar-refractivity contribution < 1.29 is 18.9 Å². The van der Waals surface area contributed by atoms with E-state index in [0.29, 0.717) is 16.6 Å². The third-order valence-electron chi connectivity index (χ3n) is 2.83. The van der Waals surface area contributed by atoms with Crippen LogP contribution in [0, 0.1) is 5.82 Å². The third-order valence-corrected chi connectivity index (χ3v) is 2.83. The summed E-state index contributed by atoms with van der Waals surface area (Å²) < 4.78 is 18.6. The molecule has 8 heteroatoms. The SMILES string of the molecule is OB(O)c1ccc(-c2nnc(-c3cncc(F)c3)o2)cc1. The van der Waals surface area contributed by atoms with Gasteiger partial charge in [0, 0.05) is 11.8 Å². The lowest BCUT2D eigenvalue weighted by Gasteiger charge is -1.99. The number of nitrogens with zero attached hydrogens (tertiary/aromatic N) is 3. The van der Waals surface area contributed by atoms with Gasteiger partial charge in [-0.05, 0) is 23.7 Å². The van der Waals surface area contributed by atoms with Crippen molar-refractivity contribution in [3.05, 3.63) is 48.5 Å². The zero-order valence-corrected chi connectivity index (χ0v) is 10.6. The van der Waals surface area contributed by atoms with Crippen molar-refractivity contribution in [1.82, 2.24) is 15.2 Å². The fourth-order valence-corrected chi connectivity index (χ4v) is 1.78. The highest BCUT2D eigenvalue weighted by atomic mass is 19.1. The third kappa shape index (κ3) is 2.81. The fraction of sp³-hybridized carbons (Fsp3) is 0. The Bertz CT molecular complexity index is 761. The first-order valence-electron chi connectivity index (χ1n) is 6.04. The van der Waals surface area contributed by atoms with Gasteiger partial charge < -0.3 is 14.5 Å². The number of rotatable bonds is 3. The summed E-state index contributed by atoms with van der Waals surface area (Å²) in [5, 5.41) is 25.8. The molecule has 0 saturated carbocycles. The van der Waals surface area contributed by atoms with Crippen LogP contribution in [0.2, 0.25) is 0 Å². The smallest absolute Gasteiger partial charge is 0.423 e. The van der Waals surface area contributed by atoms with E-state index in [1.165, 1.54) is 24.4 Å². The van der Waals surface area contributed by atoms with Crippen LogP contribution < -0.4 is 5.46 Å². The first kappa shape index (κ1) is 13.4. The van der Waals surface area contributed by atoms with Crippen molar-refractivity contribution in [3.8, 4) is 22.9 Å². The Morgan fingerprint density at radius 3 is 2.24 bits per heavy atom. The van der Waals surface area contributed by atoms with Crippen LogP contribution in [-0.4, -0.2) is 32.3 Å². The summed E-state index contributed by atoms with van der Waals surface area (Å²) in [6, 6.07) is 7.56. The molecule has 6 nitrogen and oxygen atoms in total. The Balaban J connectivity index is 1.91. The average molecular weight is 285 g/mol. The second kappa shape index (κ2) is 5.43. The van der Waals surface area contributed by atoms with Gasteiger partial charge in [-0.3, -0.25) is 4.98 Å². The Hall–Kier alpha value is -2.58. The molecule has 104 valence electrons. The molecule has 3 rings (SSSR count). The van der Waals surface area contributed by atoms with Crippen molar-refractivity contribution in [2.45, 2.75) is 0 Å². The number of hydrogen-bond acceptors (Lipinski definition) is 6. The quantitative estimate of drug-likeness (QED) is 0.685. The largest absolute Gasteiger partial charge is 0.488 e. The van der Waals surface area contributed by atoms with Crippen LogP contribution in [0.3, 0.4) is 0 Å². The monoisotopic (exact) mass is 285 g/mol. The predicted molar refractivity (Wildman–Crippen MR) is 72.7 cm³/mol. The van der Waals surface area contributed by atoms with Gasteiger partial charge in [0.15, 0.2) is 0 Å². The number of hydrogen-bond donors (Lipinski definition) is 2. The van der Waals surface area contributed by atoms with Gasteiger partial charge in [-0.2, -0.15) is 0 Å². The number of aromatic nitrogens is 3. The number of pyridine rings is 1. The molecule has 0 amide bonds. The molecular formula is C13H9BFN3O3. The summed E-state index contributed by atoms with van der Waals surface area (Å²) in [7, 11) is -1.53. The molecule has 0 saturated heterocycles. The standard InChI is InChI=1S/C13H9BFN3O3/c15-11-5-9(6-16-7-11)13-18-17-12(21-13)8-1-3-10(4-2-8)14(19)20/h1-7,19-20H. The molecule has 0 radical (unpaired) electrons. The minimum atomic E-state index is -1.53. The summed E-state index contributed by atoms with van der Waals surface area (Å²) in [5.74, 6) is -0.0925. The zero-order valence-electron chi connectivity index (χ0n) is 10.6. The maximum Gasteiger partial charge on any atom is 0.488 e. The van der Waals surface area contributed by atoms with Crippen molar-refractivity contribution in [2.75, 3.05) is 0 Å². The van der Waals surface area contributed by atoms with E-state index in [1.807, 2.05) is 0 Å². The highest BCUT2D eigenvalue weighted by Crippen LogP contribution is 2.23. The minimum Gasteiger partial charge on any atom is -0.423 e. The molecule has 3 aromatic rings. The number of halogens is 1. The summed E-state index contributed by atoms with van der Waals surface area (Å²) >= 11 is 0. The highest BCUT2D eigenvalue weighted by Gasteiger charge is 2.14. The lowest BCUT2D eigenvalue weighted by molar-refractivity contribution is 0.426. The first-order chi connectivity index (χ1) is 10.1. The van der Waals surface area contributed by atoms with Gasteiger partial charge in [0.05, 0.1) is 11.8 Å². The van der Waals surface area contributed by atoms with E-state index in [-0.39, 0.29) is 11.8 Å². The summed E-state index contributed by atoms with van der Waals surface area (Å²) in [4.78, 5) is 3.72. The second-order valence-electron chi connectivity index (χ2n) is 4.30. The van der Waals surface area contributed by atoms with Crippen LogP contribution in [-0.2, 0) is 0 Å². The van der Waals surface area contributed by atoms with Gasteiger partial charge in [0.25, 0.3) is 0 Å². The van der Waals surface area contributed by atoms with Crippen molar-refractivity contribution >= 4 is 12.6 Å². The van der Waals surface area contributed by atoms with Crippen molar-refractivity contribution in [3.63, 3.8) is 0 Å². The zero-order chi connectivity index (χ0) is 14.8. The van der Waals surface area contributed by atoms with Gasteiger partial charge in [-0.25, -0.2) is 4.39 Å². The molecule has 0 fully saturated rings. The minimum absolute atomic E-state index is 0.156. The van der Waals surface area contributed by atoms with Gasteiger partial charge in [0.2, 0.25) is 11.8 Å². The molecule has 0 bridgehead atoms. The van der Waals surface area contributed by atoms with E-state index in [2.05, 4.69) is 15.2 Å². The molecule has 0 aliphatic carbocycles. The van der Waals surface area contributed by atoms with E-state index in [4.69, 9.17) is 14.5 Å². The molecule has 0 aliphatic heterocycles. The number of benzene rings is 1. The molecule has 0 atom stereocenters. The van der Waals surface area contributed by atoms with E-state index < -0.39 is 12.9 Å². The van der Waals surface area contributed by atoms with Crippen LogP contribution in [0.15, 0.2) is 47.1 Å². The van der Waals surface area contributed by atoms with Gasteiger partial charge in [0.1, 0.15) is 5.82 Å². The summed E-state index contributed by atoms with van der Waals surface area (Å²) in [6.07, 6.45) is 2.51. The molecule has 1 aromatic carbocycles. The second-order valence-corrected chi connectivity index (χ2v) is 4.30. The maximum atomic E-state index is 13.1. The van der Waals surface area contributed by atoms with Crippen molar-refractivity contribution in [1.29, 1.82) is 0 Å². The molecule has 21 heavy (non-hydrogen) atoms. The molecule has 2 heterocycles. The van der Waals surface area contributed by atoms with Crippen LogP contribution in [0.1, 0.15) is 0 Å². The topological polar surface area (TPSA) is 92.3 Å². The van der Waals surface area contributed by atoms with E-state index >= 15 is 0 Å². The van der Waals surface area contributed by atoms with Gasteiger partial charge >= 0.3 is 7.12 Å². The lowest BCUT2D eigenvalue weighted by Crippen LogP contribution is -2.29. The van der Waals surface area contributed by atoms with Crippen molar-refractivity contribution in [2.24, 2.45) is 0 Å². The summed E-state index contributed by atoms with van der Waals surface area (Å²) in [5.41, 5.74) is 1.35. The van der Waals surface area contributed by atoms with Gasteiger partial charge in [-0.1, -0.05) is 12.1 Å². The molecule has 0 unspecified atom stereocenters. The van der Waals surface area contributed by atoms with E-state index in [1.54, 1.807) is 12.1 Å². The van der Waals surface area contributed by atoms with Crippen LogP contribution in [0.5, 0.6) is 0 Å². The van der Waals surface area contributed by atoms with Gasteiger partial charge in [-0.15, -0.1) is 10.2 Å². The van der Waals surface area contributed by atoms with Crippen LogP contribution in [0.25, 0.3) is 22.9 Å². The normalized spacial score (nSPS) is 10.6. The summed E-state index contributed by atoms with van der Waals surface area (Å²) in [6.45, 7) is 0. The van der Waals surface area contributed by atoms with E-state index in [9.17, 15) is 4.39 Å². The molecule has 2 N–H and O–H groups in total. The van der Waals surface area contributed by atoms with Crippen LogP contribution in [0.4, 0.5) is 4.39 Å². The lowest BCUT2D eigenvalue weighted by atomic mass is 9.80. The first-order valence-corrected chi connectivity index (χ1v) is 6.04. The Labute approximate surface area is 119 Å². The fourth-order valence-electron chi connectivity index (χ4n) is 1.78. The predicted octanol–water partition coefficient (Wildman–Crippen LogP) is 0.617. The molecule has 0 spiro atoms. The maximum absolute atomic E-state index is 13.1. The Morgan fingerprint density at radius 2 is 1.62 bits per heavy atom.